The normalized spacial score (nSPS) is 12.7. The van der Waals surface area contributed by atoms with E-state index in [1.165, 1.54) is 11.1 Å². The van der Waals surface area contributed by atoms with Gasteiger partial charge in [-0.05, 0) is 50.5 Å². The van der Waals surface area contributed by atoms with E-state index in [9.17, 15) is 4.79 Å². The van der Waals surface area contributed by atoms with Gasteiger partial charge in [-0.25, -0.2) is 0 Å². The van der Waals surface area contributed by atoms with Crippen LogP contribution < -0.4 is 5.32 Å². The molecular weight excluding hydrogens is 224 g/mol. The summed E-state index contributed by atoms with van der Waals surface area (Å²) in [7, 11) is 0. The number of benzene rings is 1. The van der Waals surface area contributed by atoms with Gasteiger partial charge < -0.3 is 10.3 Å². The van der Waals surface area contributed by atoms with Crippen LogP contribution in [0, 0.1) is 13.8 Å². The molecule has 0 spiro atoms. The molecule has 0 saturated carbocycles. The Balaban J connectivity index is 2.35. The molecule has 1 aromatic heterocycles. The third-order valence-electron chi connectivity index (χ3n) is 3.32. The van der Waals surface area contributed by atoms with Crippen molar-refractivity contribution in [2.75, 3.05) is 0 Å². The van der Waals surface area contributed by atoms with E-state index in [4.69, 9.17) is 0 Å². The molecular formula is C15H20N2O. The molecule has 18 heavy (non-hydrogen) atoms. The van der Waals surface area contributed by atoms with Gasteiger partial charge in [0.05, 0.1) is 0 Å². The van der Waals surface area contributed by atoms with Gasteiger partial charge in [-0.3, -0.25) is 4.79 Å². The lowest BCUT2D eigenvalue weighted by Crippen LogP contribution is -2.32. The van der Waals surface area contributed by atoms with Gasteiger partial charge in [0.25, 0.3) is 5.91 Å². The number of fused-ring (bicyclic) bond motifs is 1. The fourth-order valence-corrected chi connectivity index (χ4v) is 2.13. The van der Waals surface area contributed by atoms with Crippen LogP contribution in [0.4, 0.5) is 0 Å². The van der Waals surface area contributed by atoms with Gasteiger partial charge >= 0.3 is 0 Å². The van der Waals surface area contributed by atoms with Gasteiger partial charge in [-0.15, -0.1) is 0 Å². The second kappa shape index (κ2) is 4.84. The molecule has 0 aliphatic rings. The predicted molar refractivity (Wildman–Crippen MR) is 75.0 cm³/mol. The van der Waals surface area contributed by atoms with Gasteiger partial charge in [0, 0.05) is 16.9 Å². The predicted octanol–water partition coefficient (Wildman–Crippen LogP) is 3.31. The average molecular weight is 244 g/mol. The minimum Gasteiger partial charge on any atom is -0.351 e. The summed E-state index contributed by atoms with van der Waals surface area (Å²) in [4.78, 5) is 15.2. The Morgan fingerprint density at radius 1 is 1.33 bits per heavy atom. The Labute approximate surface area is 108 Å². The molecule has 2 rings (SSSR count). The summed E-state index contributed by atoms with van der Waals surface area (Å²) in [6, 6.07) is 6.34. The van der Waals surface area contributed by atoms with E-state index in [0.717, 1.165) is 17.3 Å². The van der Waals surface area contributed by atoms with Crippen LogP contribution in [0.25, 0.3) is 10.9 Å². The van der Waals surface area contributed by atoms with Gasteiger partial charge in [0.2, 0.25) is 0 Å². The van der Waals surface area contributed by atoms with Crippen LogP contribution in [0.5, 0.6) is 0 Å². The van der Waals surface area contributed by atoms with Gasteiger partial charge in [0.15, 0.2) is 0 Å². The van der Waals surface area contributed by atoms with Gasteiger partial charge in [-0.1, -0.05) is 13.0 Å². The SMILES string of the molecule is CC[C@H](C)NC(=O)c1cc2c(C)cc(C)cc2[nH]1. The smallest absolute Gasteiger partial charge is 0.267 e. The summed E-state index contributed by atoms with van der Waals surface area (Å²) >= 11 is 0. The van der Waals surface area contributed by atoms with E-state index in [0.29, 0.717) is 5.69 Å². The average Bonchev–Trinajstić information content (AvgIpc) is 2.72. The summed E-state index contributed by atoms with van der Waals surface area (Å²) in [5, 5.41) is 4.09. The maximum absolute atomic E-state index is 12.0. The Hall–Kier alpha value is -1.77. The van der Waals surface area contributed by atoms with Crippen LogP contribution >= 0.6 is 0 Å². The van der Waals surface area contributed by atoms with E-state index < -0.39 is 0 Å². The number of hydrogen-bond acceptors (Lipinski definition) is 1. The molecule has 2 aromatic rings. The summed E-state index contributed by atoms with van der Waals surface area (Å²) in [5.41, 5.74) is 4.07. The van der Waals surface area contributed by atoms with Crippen molar-refractivity contribution in [3.8, 4) is 0 Å². The first-order chi connectivity index (χ1) is 8.51. The third-order valence-corrected chi connectivity index (χ3v) is 3.32. The molecule has 1 amide bonds. The molecule has 3 nitrogen and oxygen atoms in total. The minimum atomic E-state index is -0.0300. The second-order valence-electron chi connectivity index (χ2n) is 5.01. The van der Waals surface area contributed by atoms with Gasteiger partial charge in [0.1, 0.15) is 5.69 Å². The lowest BCUT2D eigenvalue weighted by molar-refractivity contribution is 0.0935. The first kappa shape index (κ1) is 12.7. The van der Waals surface area contributed by atoms with Crippen molar-refractivity contribution < 1.29 is 4.79 Å². The lowest BCUT2D eigenvalue weighted by Gasteiger charge is -2.09. The zero-order valence-electron chi connectivity index (χ0n) is 11.4. The summed E-state index contributed by atoms with van der Waals surface area (Å²) in [6.45, 7) is 8.20. The molecule has 0 fully saturated rings. The van der Waals surface area contributed by atoms with Crippen molar-refractivity contribution >= 4 is 16.8 Å². The van der Waals surface area contributed by atoms with Crippen LogP contribution in [0.15, 0.2) is 18.2 Å². The molecule has 1 aromatic carbocycles. The van der Waals surface area contributed by atoms with E-state index >= 15 is 0 Å². The van der Waals surface area contributed by atoms with Crippen LogP contribution in [-0.2, 0) is 0 Å². The van der Waals surface area contributed by atoms with Crippen LogP contribution in [0.2, 0.25) is 0 Å². The topological polar surface area (TPSA) is 44.9 Å². The fourth-order valence-electron chi connectivity index (χ4n) is 2.13. The molecule has 1 heterocycles. The molecule has 0 unspecified atom stereocenters. The lowest BCUT2D eigenvalue weighted by atomic mass is 10.1. The monoisotopic (exact) mass is 244 g/mol. The number of rotatable bonds is 3. The molecule has 0 radical (unpaired) electrons. The zero-order valence-corrected chi connectivity index (χ0v) is 11.4. The molecule has 0 aliphatic carbocycles. The highest BCUT2D eigenvalue weighted by Crippen LogP contribution is 2.21. The molecule has 3 heteroatoms. The van der Waals surface area contributed by atoms with Crippen LogP contribution in [-0.4, -0.2) is 16.9 Å². The highest BCUT2D eigenvalue weighted by molar-refractivity contribution is 5.99. The fraction of sp³-hybridized carbons (Fsp3) is 0.400. The van der Waals surface area contributed by atoms with Crippen molar-refractivity contribution in [3.63, 3.8) is 0 Å². The number of carbonyl (C=O) groups is 1. The van der Waals surface area contributed by atoms with Crippen molar-refractivity contribution in [2.45, 2.75) is 40.2 Å². The summed E-state index contributed by atoms with van der Waals surface area (Å²) < 4.78 is 0. The van der Waals surface area contributed by atoms with Crippen LogP contribution in [0.1, 0.15) is 41.9 Å². The molecule has 2 N–H and O–H groups in total. The van der Waals surface area contributed by atoms with Gasteiger partial charge in [-0.2, -0.15) is 0 Å². The molecule has 96 valence electrons. The minimum absolute atomic E-state index is 0.0300. The molecule has 0 aliphatic heterocycles. The largest absolute Gasteiger partial charge is 0.351 e. The molecule has 1 atom stereocenters. The summed E-state index contributed by atoms with van der Waals surface area (Å²) in [5.74, 6) is -0.0300. The van der Waals surface area contributed by atoms with E-state index in [-0.39, 0.29) is 11.9 Å². The maximum Gasteiger partial charge on any atom is 0.267 e. The van der Waals surface area contributed by atoms with Crippen molar-refractivity contribution in [1.29, 1.82) is 0 Å². The Morgan fingerprint density at radius 2 is 2.06 bits per heavy atom. The number of H-pyrrole nitrogens is 1. The molecule has 0 bridgehead atoms. The number of carbonyl (C=O) groups excluding carboxylic acids is 1. The van der Waals surface area contributed by atoms with Crippen molar-refractivity contribution in [2.24, 2.45) is 0 Å². The quantitative estimate of drug-likeness (QED) is 0.854. The summed E-state index contributed by atoms with van der Waals surface area (Å²) in [6.07, 6.45) is 0.935. The van der Waals surface area contributed by atoms with E-state index in [1.54, 1.807) is 0 Å². The Kier molecular flexibility index (Phi) is 3.41. The number of hydrogen-bond donors (Lipinski definition) is 2. The maximum atomic E-state index is 12.0. The number of nitrogens with one attached hydrogen (secondary N) is 2. The number of amides is 1. The molecule has 0 saturated heterocycles. The van der Waals surface area contributed by atoms with Crippen LogP contribution in [0.3, 0.4) is 0 Å². The standard InChI is InChI=1S/C15H20N2O/c1-5-11(4)16-15(18)14-8-12-10(3)6-9(2)7-13(12)17-14/h6-8,11,17H,5H2,1-4H3,(H,16,18)/t11-/m0/s1. The first-order valence-corrected chi connectivity index (χ1v) is 6.42. The number of aromatic amines is 1. The zero-order chi connectivity index (χ0) is 13.3. The number of aryl methyl sites for hydroxylation is 2. The second-order valence-corrected chi connectivity index (χ2v) is 5.01. The van der Waals surface area contributed by atoms with E-state index in [1.807, 2.05) is 13.0 Å². The highest BCUT2D eigenvalue weighted by Gasteiger charge is 2.12. The highest BCUT2D eigenvalue weighted by atomic mass is 16.1. The Morgan fingerprint density at radius 3 is 2.72 bits per heavy atom. The van der Waals surface area contributed by atoms with E-state index in [2.05, 4.69) is 43.2 Å². The Bertz CT molecular complexity index is 583. The third kappa shape index (κ3) is 2.40. The number of aromatic nitrogens is 1. The van der Waals surface area contributed by atoms with Crippen molar-refractivity contribution in [1.82, 2.24) is 10.3 Å². The van der Waals surface area contributed by atoms with Crippen molar-refractivity contribution in [3.05, 3.63) is 35.0 Å². The first-order valence-electron chi connectivity index (χ1n) is 6.42.